The molecule has 3 rings (SSSR count). The molecule has 2 nitrogen and oxygen atoms in total. The van der Waals surface area contributed by atoms with Crippen LogP contribution in [0.1, 0.15) is 22.2 Å². The average Bonchev–Trinajstić information content (AvgIpc) is 2.94. The third kappa shape index (κ3) is 1.85. The Balaban J connectivity index is 2.06. The van der Waals surface area contributed by atoms with Crippen LogP contribution in [-0.4, -0.2) is 0 Å². The number of halogens is 1. The van der Waals surface area contributed by atoms with E-state index >= 15 is 0 Å². The third-order valence-corrected chi connectivity index (χ3v) is 4.76. The first kappa shape index (κ1) is 11.8. The highest BCUT2D eigenvalue weighted by Gasteiger charge is 2.19. The van der Waals surface area contributed by atoms with Crippen molar-refractivity contribution in [2.75, 3.05) is 0 Å². The number of rotatable bonds is 2. The molecule has 0 radical (unpaired) electrons. The maximum absolute atomic E-state index is 6.24. The van der Waals surface area contributed by atoms with Gasteiger partial charge in [-0.1, -0.05) is 29.8 Å². The lowest BCUT2D eigenvalue weighted by Crippen LogP contribution is -2.09. The van der Waals surface area contributed by atoms with Gasteiger partial charge in [0.05, 0.1) is 11.1 Å². The first-order valence-corrected chi connectivity index (χ1v) is 6.90. The zero-order valence-electron chi connectivity index (χ0n) is 9.81. The first-order valence-electron chi connectivity index (χ1n) is 5.64. The topological polar surface area (TPSA) is 39.2 Å². The Labute approximate surface area is 114 Å². The number of hydrogen-bond donors (Lipinski definition) is 1. The summed E-state index contributed by atoms with van der Waals surface area (Å²) < 4.78 is 5.77. The zero-order chi connectivity index (χ0) is 12.7. The molecule has 0 fully saturated rings. The van der Waals surface area contributed by atoms with E-state index in [1.165, 1.54) is 0 Å². The van der Waals surface area contributed by atoms with E-state index in [1.54, 1.807) is 11.3 Å². The number of fused-ring (bicyclic) bond motifs is 1. The molecular weight excluding hydrogens is 266 g/mol. The van der Waals surface area contributed by atoms with Gasteiger partial charge in [-0.15, -0.1) is 11.3 Å². The standard InChI is InChI=1S/C14H12ClNOS/c1-8-7-18-14(12(8)15)13(16)11-6-9-4-2-3-5-10(9)17-11/h2-7,13H,16H2,1H3. The average molecular weight is 278 g/mol. The second-order valence-electron chi connectivity index (χ2n) is 4.26. The largest absolute Gasteiger partial charge is 0.459 e. The Morgan fingerprint density at radius 1 is 1.33 bits per heavy atom. The lowest BCUT2D eigenvalue weighted by molar-refractivity contribution is 0.528. The van der Waals surface area contributed by atoms with E-state index in [2.05, 4.69) is 0 Å². The Morgan fingerprint density at radius 3 is 2.78 bits per heavy atom. The van der Waals surface area contributed by atoms with Gasteiger partial charge in [-0.25, -0.2) is 0 Å². The molecule has 0 saturated heterocycles. The Morgan fingerprint density at radius 2 is 2.11 bits per heavy atom. The molecule has 0 amide bonds. The molecule has 1 unspecified atom stereocenters. The molecule has 4 heteroatoms. The number of para-hydroxylation sites is 1. The summed E-state index contributed by atoms with van der Waals surface area (Å²) >= 11 is 7.81. The SMILES string of the molecule is Cc1csc(C(N)c2cc3ccccc3o2)c1Cl. The Hall–Kier alpha value is -1.29. The van der Waals surface area contributed by atoms with Crippen molar-refractivity contribution in [3.8, 4) is 0 Å². The van der Waals surface area contributed by atoms with Gasteiger partial charge in [-0.05, 0) is 30.0 Å². The zero-order valence-corrected chi connectivity index (χ0v) is 11.4. The van der Waals surface area contributed by atoms with Crippen LogP contribution in [0.2, 0.25) is 5.02 Å². The predicted molar refractivity (Wildman–Crippen MR) is 76.3 cm³/mol. The fourth-order valence-corrected chi connectivity index (χ4v) is 3.26. The van der Waals surface area contributed by atoms with Gasteiger partial charge in [0, 0.05) is 10.3 Å². The quantitative estimate of drug-likeness (QED) is 0.749. The molecule has 0 aliphatic heterocycles. The summed E-state index contributed by atoms with van der Waals surface area (Å²) in [7, 11) is 0. The van der Waals surface area contributed by atoms with Crippen molar-refractivity contribution in [1.29, 1.82) is 0 Å². The fraction of sp³-hybridized carbons (Fsp3) is 0.143. The van der Waals surface area contributed by atoms with Crippen molar-refractivity contribution in [1.82, 2.24) is 0 Å². The van der Waals surface area contributed by atoms with Crippen LogP contribution in [0.5, 0.6) is 0 Å². The van der Waals surface area contributed by atoms with Crippen LogP contribution in [0.3, 0.4) is 0 Å². The molecule has 1 aromatic carbocycles. The van der Waals surface area contributed by atoms with Gasteiger partial charge < -0.3 is 10.2 Å². The number of thiophene rings is 1. The van der Waals surface area contributed by atoms with Crippen LogP contribution in [0.15, 0.2) is 40.1 Å². The van der Waals surface area contributed by atoms with E-state index in [0.29, 0.717) is 0 Å². The fourth-order valence-electron chi connectivity index (χ4n) is 1.94. The predicted octanol–water partition coefficient (Wildman–Crippen LogP) is 4.50. The second-order valence-corrected chi connectivity index (χ2v) is 5.55. The summed E-state index contributed by atoms with van der Waals surface area (Å²) in [6.45, 7) is 1.98. The lowest BCUT2D eigenvalue weighted by atomic mass is 10.1. The molecule has 3 aromatic rings. The molecule has 0 spiro atoms. The minimum absolute atomic E-state index is 0.302. The molecule has 0 bridgehead atoms. The van der Waals surface area contributed by atoms with Gasteiger partial charge in [-0.2, -0.15) is 0 Å². The maximum atomic E-state index is 6.24. The third-order valence-electron chi connectivity index (χ3n) is 2.96. The summed E-state index contributed by atoms with van der Waals surface area (Å²) in [5.74, 6) is 0.750. The number of aryl methyl sites for hydroxylation is 1. The number of hydrogen-bond acceptors (Lipinski definition) is 3. The minimum Gasteiger partial charge on any atom is -0.459 e. The Kier molecular flexibility index (Phi) is 2.90. The minimum atomic E-state index is -0.302. The number of furan rings is 1. The number of benzene rings is 1. The highest BCUT2D eigenvalue weighted by Crippen LogP contribution is 2.36. The van der Waals surface area contributed by atoms with Crippen LogP contribution in [-0.2, 0) is 0 Å². The summed E-state index contributed by atoms with van der Waals surface area (Å²) in [6.07, 6.45) is 0. The highest BCUT2D eigenvalue weighted by molar-refractivity contribution is 7.10. The van der Waals surface area contributed by atoms with Crippen LogP contribution in [0.4, 0.5) is 0 Å². The second kappa shape index (κ2) is 4.43. The molecular formula is C14H12ClNOS. The van der Waals surface area contributed by atoms with E-state index in [9.17, 15) is 0 Å². The molecule has 92 valence electrons. The smallest absolute Gasteiger partial charge is 0.134 e. The lowest BCUT2D eigenvalue weighted by Gasteiger charge is -2.06. The van der Waals surface area contributed by atoms with Crippen LogP contribution in [0.25, 0.3) is 11.0 Å². The molecule has 0 saturated carbocycles. The number of nitrogens with two attached hydrogens (primary N) is 1. The summed E-state index contributed by atoms with van der Waals surface area (Å²) in [5.41, 5.74) is 8.14. The summed E-state index contributed by atoms with van der Waals surface area (Å²) in [6, 6.07) is 9.55. The van der Waals surface area contributed by atoms with Crippen LogP contribution >= 0.6 is 22.9 Å². The van der Waals surface area contributed by atoms with Gasteiger partial charge in [0.2, 0.25) is 0 Å². The van der Waals surface area contributed by atoms with E-state index in [0.717, 1.165) is 32.2 Å². The molecule has 2 N–H and O–H groups in total. The van der Waals surface area contributed by atoms with E-state index in [1.807, 2.05) is 42.6 Å². The van der Waals surface area contributed by atoms with Gasteiger partial charge in [-0.3, -0.25) is 0 Å². The van der Waals surface area contributed by atoms with Crippen LogP contribution < -0.4 is 5.73 Å². The van der Waals surface area contributed by atoms with Crippen molar-refractivity contribution < 1.29 is 4.42 Å². The van der Waals surface area contributed by atoms with Gasteiger partial charge in [0.1, 0.15) is 11.3 Å². The van der Waals surface area contributed by atoms with Crippen molar-refractivity contribution in [3.63, 3.8) is 0 Å². The van der Waals surface area contributed by atoms with Crippen molar-refractivity contribution >= 4 is 33.9 Å². The molecule has 0 aliphatic rings. The first-order chi connectivity index (χ1) is 8.66. The highest BCUT2D eigenvalue weighted by atomic mass is 35.5. The van der Waals surface area contributed by atoms with Crippen molar-refractivity contribution in [2.24, 2.45) is 5.73 Å². The molecule has 1 atom stereocenters. The molecule has 0 aliphatic carbocycles. The molecule has 2 aromatic heterocycles. The normalized spacial score (nSPS) is 13.1. The van der Waals surface area contributed by atoms with E-state index in [4.69, 9.17) is 21.8 Å². The van der Waals surface area contributed by atoms with E-state index in [-0.39, 0.29) is 6.04 Å². The van der Waals surface area contributed by atoms with E-state index < -0.39 is 0 Å². The van der Waals surface area contributed by atoms with Gasteiger partial charge in [0.25, 0.3) is 0 Å². The molecule has 2 heterocycles. The van der Waals surface area contributed by atoms with Crippen LogP contribution in [0, 0.1) is 6.92 Å². The Bertz CT molecular complexity index is 668. The molecule has 18 heavy (non-hydrogen) atoms. The van der Waals surface area contributed by atoms with Crippen molar-refractivity contribution in [2.45, 2.75) is 13.0 Å². The summed E-state index contributed by atoms with van der Waals surface area (Å²) in [4.78, 5) is 0.952. The summed E-state index contributed by atoms with van der Waals surface area (Å²) in [5, 5.41) is 3.82. The van der Waals surface area contributed by atoms with Gasteiger partial charge in [0.15, 0.2) is 0 Å². The maximum Gasteiger partial charge on any atom is 0.134 e. The monoisotopic (exact) mass is 277 g/mol. The van der Waals surface area contributed by atoms with Crippen molar-refractivity contribution in [3.05, 3.63) is 56.9 Å². The van der Waals surface area contributed by atoms with Gasteiger partial charge >= 0.3 is 0 Å².